The van der Waals surface area contributed by atoms with E-state index < -0.39 is 18.2 Å². The van der Waals surface area contributed by atoms with Gasteiger partial charge in [0, 0.05) is 7.05 Å². The van der Waals surface area contributed by atoms with E-state index in [9.17, 15) is 9.59 Å². The highest BCUT2D eigenvalue weighted by atomic mass is 16.5. The molecule has 18 heavy (non-hydrogen) atoms. The van der Waals surface area contributed by atoms with E-state index in [1.54, 1.807) is 31.3 Å². The summed E-state index contributed by atoms with van der Waals surface area (Å²) in [5, 5.41) is 3.77. The lowest BCUT2D eigenvalue weighted by Crippen LogP contribution is -2.59. The summed E-state index contributed by atoms with van der Waals surface area (Å²) in [6.07, 6.45) is -1.79. The minimum atomic E-state index is -1.05. The molecular formula is C11H16N4O3. The highest BCUT2D eigenvalue weighted by molar-refractivity contribution is 5.86. The van der Waals surface area contributed by atoms with Gasteiger partial charge in [0.05, 0.1) is 12.8 Å². The summed E-state index contributed by atoms with van der Waals surface area (Å²) >= 11 is 0. The zero-order valence-electron chi connectivity index (χ0n) is 10.2. The number of ether oxygens (including phenoxy) is 1. The molecule has 98 valence electrons. The van der Waals surface area contributed by atoms with Crippen molar-refractivity contribution in [2.24, 2.45) is 5.73 Å². The number of carbonyl (C=O) groups excluding carboxylic acids is 2. The SMILES string of the molecule is CNN(c1ccccc1)C(NC(=O)OC)C(N)=O. The molecule has 1 rings (SSSR count). The molecule has 0 aliphatic heterocycles. The summed E-state index contributed by atoms with van der Waals surface area (Å²) < 4.78 is 4.45. The van der Waals surface area contributed by atoms with E-state index in [-0.39, 0.29) is 0 Å². The van der Waals surface area contributed by atoms with E-state index >= 15 is 0 Å². The third-order valence-corrected chi connectivity index (χ3v) is 2.24. The van der Waals surface area contributed by atoms with Crippen molar-refractivity contribution in [1.29, 1.82) is 0 Å². The molecule has 1 aromatic carbocycles. The Kier molecular flexibility index (Phi) is 4.94. The predicted octanol–water partition coefficient (Wildman–Crippen LogP) is -0.205. The second kappa shape index (κ2) is 6.45. The van der Waals surface area contributed by atoms with Crippen LogP contribution in [0, 0.1) is 0 Å². The van der Waals surface area contributed by atoms with Crippen molar-refractivity contribution in [3.05, 3.63) is 30.3 Å². The van der Waals surface area contributed by atoms with E-state index in [2.05, 4.69) is 15.5 Å². The van der Waals surface area contributed by atoms with Crippen molar-refractivity contribution in [3.8, 4) is 0 Å². The minimum Gasteiger partial charge on any atom is -0.453 e. The van der Waals surface area contributed by atoms with Gasteiger partial charge in [-0.3, -0.25) is 15.1 Å². The van der Waals surface area contributed by atoms with Crippen LogP contribution in [0.1, 0.15) is 0 Å². The number of primary amides is 1. The van der Waals surface area contributed by atoms with Gasteiger partial charge in [-0.1, -0.05) is 18.2 Å². The second-order valence-electron chi connectivity index (χ2n) is 3.37. The monoisotopic (exact) mass is 252 g/mol. The Bertz CT molecular complexity index is 410. The smallest absolute Gasteiger partial charge is 0.408 e. The molecule has 0 fully saturated rings. The van der Waals surface area contributed by atoms with Crippen LogP contribution in [0.4, 0.5) is 10.5 Å². The van der Waals surface area contributed by atoms with Gasteiger partial charge in [-0.15, -0.1) is 0 Å². The lowest BCUT2D eigenvalue weighted by atomic mass is 10.3. The average Bonchev–Trinajstić information content (AvgIpc) is 2.39. The Morgan fingerprint density at radius 3 is 2.39 bits per heavy atom. The molecule has 7 nitrogen and oxygen atoms in total. The first-order valence-corrected chi connectivity index (χ1v) is 5.25. The summed E-state index contributed by atoms with van der Waals surface area (Å²) in [7, 11) is 2.82. The summed E-state index contributed by atoms with van der Waals surface area (Å²) in [5.41, 5.74) is 8.73. The van der Waals surface area contributed by atoms with Crippen LogP contribution in [0.25, 0.3) is 0 Å². The Balaban J connectivity index is 2.95. The van der Waals surface area contributed by atoms with Gasteiger partial charge in [-0.25, -0.2) is 10.2 Å². The number of methoxy groups -OCH3 is 1. The number of rotatable bonds is 5. The zero-order valence-corrected chi connectivity index (χ0v) is 10.2. The predicted molar refractivity (Wildman–Crippen MR) is 66.5 cm³/mol. The van der Waals surface area contributed by atoms with Crippen LogP contribution >= 0.6 is 0 Å². The second-order valence-corrected chi connectivity index (χ2v) is 3.37. The molecule has 0 heterocycles. The van der Waals surface area contributed by atoms with E-state index in [1.807, 2.05) is 6.07 Å². The molecule has 4 N–H and O–H groups in total. The van der Waals surface area contributed by atoms with Gasteiger partial charge < -0.3 is 10.5 Å². The van der Waals surface area contributed by atoms with Gasteiger partial charge in [0.2, 0.25) is 0 Å². The van der Waals surface area contributed by atoms with Gasteiger partial charge in [0.1, 0.15) is 0 Å². The standard InChI is InChI=1S/C11H16N4O3/c1-13-15(8-6-4-3-5-7-8)10(9(12)16)14-11(17)18-2/h3-7,10,13H,1-2H3,(H2,12,16)(H,14,17). The van der Waals surface area contributed by atoms with E-state index in [1.165, 1.54) is 12.1 Å². The maximum absolute atomic E-state index is 11.4. The summed E-state index contributed by atoms with van der Waals surface area (Å²) in [6.45, 7) is 0. The van der Waals surface area contributed by atoms with Gasteiger partial charge in [0.15, 0.2) is 6.17 Å². The third-order valence-electron chi connectivity index (χ3n) is 2.24. The number of para-hydroxylation sites is 1. The van der Waals surface area contributed by atoms with Gasteiger partial charge >= 0.3 is 6.09 Å². The van der Waals surface area contributed by atoms with Crippen molar-refractivity contribution >= 4 is 17.7 Å². The fourth-order valence-corrected chi connectivity index (χ4v) is 1.43. The number of hydrogen-bond acceptors (Lipinski definition) is 5. The molecule has 2 amide bonds. The third kappa shape index (κ3) is 3.36. The molecule has 7 heteroatoms. The number of benzene rings is 1. The highest BCUT2D eigenvalue weighted by Gasteiger charge is 2.25. The van der Waals surface area contributed by atoms with E-state index in [0.29, 0.717) is 5.69 Å². The first-order chi connectivity index (χ1) is 8.60. The van der Waals surface area contributed by atoms with Crippen molar-refractivity contribution in [3.63, 3.8) is 0 Å². The highest BCUT2D eigenvalue weighted by Crippen LogP contribution is 2.12. The molecule has 0 bridgehead atoms. The number of carbonyl (C=O) groups is 2. The molecular weight excluding hydrogens is 236 g/mol. The van der Waals surface area contributed by atoms with Gasteiger partial charge in [0.25, 0.3) is 5.91 Å². The van der Waals surface area contributed by atoms with Crippen LogP contribution in [0.15, 0.2) is 30.3 Å². The summed E-state index contributed by atoms with van der Waals surface area (Å²) in [6, 6.07) is 8.98. The zero-order chi connectivity index (χ0) is 13.5. The Morgan fingerprint density at radius 1 is 1.33 bits per heavy atom. The van der Waals surface area contributed by atoms with Crippen LogP contribution in [-0.2, 0) is 9.53 Å². The molecule has 0 saturated heterocycles. The molecule has 0 aliphatic carbocycles. The lowest BCUT2D eigenvalue weighted by molar-refractivity contribution is -0.120. The number of nitrogens with two attached hydrogens (primary N) is 1. The fraction of sp³-hybridized carbons (Fsp3) is 0.273. The number of amides is 2. The quantitative estimate of drug-likeness (QED) is 0.498. The van der Waals surface area contributed by atoms with Crippen LogP contribution in [-0.4, -0.2) is 32.3 Å². The number of nitrogens with zero attached hydrogens (tertiary/aromatic N) is 1. The molecule has 0 aromatic heterocycles. The number of nitrogens with one attached hydrogen (secondary N) is 2. The molecule has 0 aliphatic rings. The number of anilines is 1. The van der Waals surface area contributed by atoms with Crippen LogP contribution in [0.2, 0.25) is 0 Å². The van der Waals surface area contributed by atoms with Crippen molar-refractivity contribution in [2.45, 2.75) is 6.17 Å². The molecule has 0 radical (unpaired) electrons. The number of hydrazine groups is 1. The maximum atomic E-state index is 11.4. The average molecular weight is 252 g/mol. The molecule has 0 saturated carbocycles. The topological polar surface area (TPSA) is 96.7 Å². The first-order valence-electron chi connectivity index (χ1n) is 5.25. The van der Waals surface area contributed by atoms with Crippen molar-refractivity contribution < 1.29 is 14.3 Å². The summed E-state index contributed by atoms with van der Waals surface area (Å²) in [5.74, 6) is -0.710. The largest absolute Gasteiger partial charge is 0.453 e. The summed E-state index contributed by atoms with van der Waals surface area (Å²) in [4.78, 5) is 22.6. The van der Waals surface area contributed by atoms with Crippen LogP contribution in [0.3, 0.4) is 0 Å². The van der Waals surface area contributed by atoms with Crippen LogP contribution in [0.5, 0.6) is 0 Å². The Labute approximate surface area is 105 Å². The van der Waals surface area contributed by atoms with Gasteiger partial charge in [-0.05, 0) is 12.1 Å². The molecule has 0 spiro atoms. The normalized spacial score (nSPS) is 11.4. The number of alkyl carbamates (subject to hydrolysis) is 1. The van der Waals surface area contributed by atoms with E-state index in [4.69, 9.17) is 5.73 Å². The molecule has 1 atom stereocenters. The lowest BCUT2D eigenvalue weighted by Gasteiger charge is -2.30. The Morgan fingerprint density at radius 2 is 1.94 bits per heavy atom. The minimum absolute atomic E-state index is 0.681. The van der Waals surface area contributed by atoms with Gasteiger partial charge in [-0.2, -0.15) is 0 Å². The molecule has 1 aromatic rings. The number of hydrogen-bond donors (Lipinski definition) is 3. The molecule has 1 unspecified atom stereocenters. The van der Waals surface area contributed by atoms with Crippen molar-refractivity contribution in [1.82, 2.24) is 10.7 Å². The first kappa shape index (κ1) is 13.8. The van der Waals surface area contributed by atoms with Crippen LogP contribution < -0.4 is 21.5 Å². The fourth-order valence-electron chi connectivity index (χ4n) is 1.43. The maximum Gasteiger partial charge on any atom is 0.408 e. The Hall–Kier alpha value is -2.28. The van der Waals surface area contributed by atoms with E-state index in [0.717, 1.165) is 0 Å². The van der Waals surface area contributed by atoms with Crippen molar-refractivity contribution in [2.75, 3.05) is 19.2 Å².